The Morgan fingerprint density at radius 2 is 1.50 bits per heavy atom. The lowest BCUT2D eigenvalue weighted by atomic mass is 10.0. The number of carbonyl (C=O) groups excluding carboxylic acids is 2. The van der Waals surface area contributed by atoms with Crippen molar-refractivity contribution >= 4 is 11.8 Å². The van der Waals surface area contributed by atoms with Crippen LogP contribution in [0.5, 0.6) is 0 Å². The fraction of sp³-hybridized carbons (Fsp3) is 0.724. The Kier molecular flexibility index (Phi) is 16.1. The van der Waals surface area contributed by atoms with E-state index in [2.05, 4.69) is 22.5 Å². The van der Waals surface area contributed by atoms with Gasteiger partial charge >= 0.3 is 0 Å². The summed E-state index contributed by atoms with van der Waals surface area (Å²) in [6.07, 6.45) is 11.1. The molecule has 0 aliphatic carbocycles. The highest BCUT2D eigenvalue weighted by Gasteiger charge is 2.26. The molecule has 1 aliphatic heterocycles. The number of morpholine rings is 1. The summed E-state index contributed by atoms with van der Waals surface area (Å²) in [5.74, 6) is 0.173. The minimum absolute atomic E-state index is 0.00107. The zero-order valence-corrected chi connectivity index (χ0v) is 22.4. The molecule has 1 aromatic carbocycles. The number of nitrogens with zero attached hydrogens (tertiary/aromatic N) is 1. The first-order valence-electron chi connectivity index (χ1n) is 14.2. The highest BCUT2D eigenvalue weighted by Crippen LogP contribution is 2.18. The quantitative estimate of drug-likeness (QED) is 0.244. The van der Waals surface area contributed by atoms with Gasteiger partial charge in [-0.15, -0.1) is 0 Å². The second-order valence-electron chi connectivity index (χ2n) is 9.97. The summed E-state index contributed by atoms with van der Waals surface area (Å²) < 4.78 is 5.44. The maximum absolute atomic E-state index is 12.7. The number of hydrogen-bond donors (Lipinski definition) is 3. The summed E-state index contributed by atoms with van der Waals surface area (Å²) >= 11 is 0. The van der Waals surface area contributed by atoms with Gasteiger partial charge in [-0.1, -0.05) is 82.2 Å². The smallest absolute Gasteiger partial charge is 0.220 e. The standard InChI is InChI=1S/C29H49N3O4/c1-2-3-4-14-19-30-27(33)17-12-7-5-6-8-13-18-28(34)31-26(24-32-20-22-36-23-21-32)29(35)25-15-10-9-11-16-25/h9-11,15-16,26,29,35H,2-8,12-14,17-24H2,1H3,(H,30,33)(H,31,34). The molecule has 1 heterocycles. The second kappa shape index (κ2) is 19.2. The number of aliphatic hydroxyl groups is 1. The lowest BCUT2D eigenvalue weighted by molar-refractivity contribution is -0.123. The molecule has 1 saturated heterocycles. The van der Waals surface area contributed by atoms with Gasteiger partial charge in [-0.25, -0.2) is 0 Å². The first kappa shape index (κ1) is 30.3. The Morgan fingerprint density at radius 1 is 0.889 bits per heavy atom. The first-order valence-corrected chi connectivity index (χ1v) is 14.2. The summed E-state index contributed by atoms with van der Waals surface area (Å²) in [5.41, 5.74) is 0.821. The molecule has 0 radical (unpaired) electrons. The molecule has 0 bridgehead atoms. The summed E-state index contributed by atoms with van der Waals surface area (Å²) in [6.45, 7) is 6.60. The van der Waals surface area contributed by atoms with Gasteiger partial charge < -0.3 is 20.5 Å². The third-order valence-corrected chi connectivity index (χ3v) is 6.84. The summed E-state index contributed by atoms with van der Waals surface area (Å²) in [5, 5.41) is 17.1. The van der Waals surface area contributed by atoms with E-state index in [1.807, 2.05) is 30.3 Å². The monoisotopic (exact) mass is 503 g/mol. The Hall–Kier alpha value is -1.96. The zero-order valence-electron chi connectivity index (χ0n) is 22.4. The van der Waals surface area contributed by atoms with Crippen LogP contribution in [0.4, 0.5) is 0 Å². The van der Waals surface area contributed by atoms with E-state index in [1.54, 1.807) is 0 Å². The SMILES string of the molecule is CCCCCCNC(=O)CCCCCCCCC(=O)NC(CN1CCOCC1)C(O)c1ccccc1. The Bertz CT molecular complexity index is 710. The zero-order chi connectivity index (χ0) is 25.8. The number of nitrogens with one attached hydrogen (secondary N) is 2. The molecule has 1 aliphatic rings. The largest absolute Gasteiger partial charge is 0.386 e. The molecule has 2 amide bonds. The molecule has 36 heavy (non-hydrogen) atoms. The van der Waals surface area contributed by atoms with Crippen molar-refractivity contribution in [2.24, 2.45) is 0 Å². The predicted molar refractivity (Wildman–Crippen MR) is 145 cm³/mol. The molecule has 0 aromatic heterocycles. The van der Waals surface area contributed by atoms with Gasteiger partial charge in [0, 0.05) is 39.0 Å². The Labute approximate surface area is 218 Å². The minimum Gasteiger partial charge on any atom is -0.386 e. The highest BCUT2D eigenvalue weighted by molar-refractivity contribution is 5.76. The Balaban J connectivity index is 1.59. The molecule has 204 valence electrons. The van der Waals surface area contributed by atoms with Crippen LogP contribution in [0.2, 0.25) is 0 Å². The molecule has 2 rings (SSSR count). The van der Waals surface area contributed by atoms with Gasteiger partial charge in [0.2, 0.25) is 11.8 Å². The van der Waals surface area contributed by atoms with Gasteiger partial charge in [-0.05, 0) is 24.8 Å². The number of hydrogen-bond acceptors (Lipinski definition) is 5. The van der Waals surface area contributed by atoms with Gasteiger partial charge in [0.15, 0.2) is 0 Å². The number of benzene rings is 1. The van der Waals surface area contributed by atoms with Crippen molar-refractivity contribution in [3.8, 4) is 0 Å². The molecule has 3 N–H and O–H groups in total. The number of unbranched alkanes of at least 4 members (excludes halogenated alkanes) is 8. The highest BCUT2D eigenvalue weighted by atomic mass is 16.5. The molecule has 7 nitrogen and oxygen atoms in total. The van der Waals surface area contributed by atoms with E-state index in [4.69, 9.17) is 4.74 Å². The van der Waals surface area contributed by atoms with Crippen molar-refractivity contribution < 1.29 is 19.4 Å². The van der Waals surface area contributed by atoms with Crippen molar-refractivity contribution in [1.29, 1.82) is 0 Å². The van der Waals surface area contributed by atoms with Crippen LogP contribution in [0.1, 0.15) is 95.6 Å². The van der Waals surface area contributed by atoms with Crippen molar-refractivity contribution in [2.45, 2.75) is 96.1 Å². The molecular weight excluding hydrogens is 454 g/mol. The molecule has 7 heteroatoms. The van der Waals surface area contributed by atoms with E-state index in [1.165, 1.54) is 19.3 Å². The molecular formula is C29H49N3O4. The second-order valence-corrected chi connectivity index (χ2v) is 9.97. The maximum atomic E-state index is 12.7. The number of aliphatic hydroxyl groups excluding tert-OH is 1. The van der Waals surface area contributed by atoms with Crippen molar-refractivity contribution in [1.82, 2.24) is 15.5 Å². The van der Waals surface area contributed by atoms with Crippen LogP contribution in [0.3, 0.4) is 0 Å². The van der Waals surface area contributed by atoms with Gasteiger partial charge in [-0.3, -0.25) is 14.5 Å². The van der Waals surface area contributed by atoms with Crippen LogP contribution in [0.15, 0.2) is 30.3 Å². The van der Waals surface area contributed by atoms with E-state index in [0.717, 1.165) is 70.1 Å². The molecule has 0 spiro atoms. The summed E-state index contributed by atoms with van der Waals surface area (Å²) in [4.78, 5) is 26.8. The van der Waals surface area contributed by atoms with Gasteiger partial charge in [-0.2, -0.15) is 0 Å². The normalized spacial score (nSPS) is 15.8. The average molecular weight is 504 g/mol. The molecule has 0 saturated carbocycles. The van der Waals surface area contributed by atoms with E-state index in [0.29, 0.717) is 32.6 Å². The molecule has 1 aromatic rings. The van der Waals surface area contributed by atoms with Crippen LogP contribution < -0.4 is 10.6 Å². The third kappa shape index (κ3) is 13.4. The minimum atomic E-state index is -0.744. The molecule has 1 fully saturated rings. The van der Waals surface area contributed by atoms with Crippen LogP contribution >= 0.6 is 0 Å². The van der Waals surface area contributed by atoms with Crippen LogP contribution in [0, 0.1) is 0 Å². The average Bonchev–Trinajstić information content (AvgIpc) is 2.90. The maximum Gasteiger partial charge on any atom is 0.220 e. The fourth-order valence-corrected chi connectivity index (χ4v) is 4.59. The third-order valence-electron chi connectivity index (χ3n) is 6.84. The van der Waals surface area contributed by atoms with Crippen LogP contribution in [-0.4, -0.2) is 67.3 Å². The van der Waals surface area contributed by atoms with Gasteiger partial charge in [0.05, 0.1) is 19.3 Å². The number of rotatable bonds is 19. The lowest BCUT2D eigenvalue weighted by Gasteiger charge is -2.33. The molecule has 2 unspecified atom stereocenters. The van der Waals surface area contributed by atoms with Crippen molar-refractivity contribution in [3.63, 3.8) is 0 Å². The van der Waals surface area contributed by atoms with Crippen LogP contribution in [-0.2, 0) is 14.3 Å². The summed E-state index contributed by atoms with van der Waals surface area (Å²) in [7, 11) is 0. The van der Waals surface area contributed by atoms with Crippen molar-refractivity contribution in [3.05, 3.63) is 35.9 Å². The van der Waals surface area contributed by atoms with Crippen molar-refractivity contribution in [2.75, 3.05) is 39.4 Å². The van der Waals surface area contributed by atoms with E-state index < -0.39 is 6.10 Å². The van der Waals surface area contributed by atoms with E-state index in [-0.39, 0.29) is 17.9 Å². The molecule has 2 atom stereocenters. The number of ether oxygens (including phenoxy) is 1. The predicted octanol–water partition coefficient (Wildman–Crippen LogP) is 4.35. The van der Waals surface area contributed by atoms with Gasteiger partial charge in [0.25, 0.3) is 0 Å². The fourth-order valence-electron chi connectivity index (χ4n) is 4.59. The first-order chi connectivity index (χ1) is 17.6. The van der Waals surface area contributed by atoms with E-state index >= 15 is 0 Å². The Morgan fingerprint density at radius 3 is 2.17 bits per heavy atom. The number of amides is 2. The van der Waals surface area contributed by atoms with Crippen LogP contribution in [0.25, 0.3) is 0 Å². The summed E-state index contributed by atoms with van der Waals surface area (Å²) in [6, 6.07) is 9.20. The van der Waals surface area contributed by atoms with E-state index in [9.17, 15) is 14.7 Å². The number of carbonyl (C=O) groups is 2. The topological polar surface area (TPSA) is 90.9 Å². The van der Waals surface area contributed by atoms with Gasteiger partial charge in [0.1, 0.15) is 6.10 Å². The lowest BCUT2D eigenvalue weighted by Crippen LogP contribution is -2.49.